The van der Waals surface area contributed by atoms with Crippen LogP contribution in [0.15, 0.2) is 0 Å². The van der Waals surface area contributed by atoms with Crippen molar-refractivity contribution >= 4 is 0 Å². The molecule has 1 rings (SSSR count). The quantitative estimate of drug-likeness (QED) is 0.701. The van der Waals surface area contributed by atoms with Crippen molar-refractivity contribution in [1.82, 2.24) is 4.90 Å². The summed E-state index contributed by atoms with van der Waals surface area (Å²) >= 11 is 0. The number of aliphatic hydroxyl groups excluding tert-OH is 1. The first-order valence-corrected chi connectivity index (χ1v) is 5.09. The van der Waals surface area contributed by atoms with Crippen LogP contribution in [0.3, 0.4) is 0 Å². The third-order valence-electron chi connectivity index (χ3n) is 2.41. The van der Waals surface area contributed by atoms with Gasteiger partial charge in [0.1, 0.15) is 0 Å². The van der Waals surface area contributed by atoms with Crippen LogP contribution in [0.25, 0.3) is 0 Å². The molecule has 0 spiro atoms. The summed E-state index contributed by atoms with van der Waals surface area (Å²) in [6.07, 6.45) is -2.17. The normalized spacial score (nSPS) is 19.6. The van der Waals surface area contributed by atoms with Gasteiger partial charge in [-0.05, 0) is 19.3 Å². The van der Waals surface area contributed by atoms with E-state index in [1.807, 2.05) is 0 Å². The van der Waals surface area contributed by atoms with E-state index in [-0.39, 0.29) is 25.2 Å². The molecule has 1 aliphatic rings. The second-order valence-electron chi connectivity index (χ2n) is 4.05. The fourth-order valence-corrected chi connectivity index (χ4v) is 1.57. The Labute approximate surface area is 87.0 Å². The summed E-state index contributed by atoms with van der Waals surface area (Å²) in [7, 11) is 0. The van der Waals surface area contributed by atoms with Crippen LogP contribution in [0.4, 0.5) is 13.2 Å². The lowest BCUT2D eigenvalue weighted by Crippen LogP contribution is -2.43. The Balaban J connectivity index is 2.37. The Morgan fingerprint density at radius 1 is 1.40 bits per heavy atom. The largest absolute Gasteiger partial charge is 0.401 e. The van der Waals surface area contributed by atoms with Crippen LogP contribution in [0, 0.1) is 0 Å². The molecule has 0 aromatic carbocycles. The zero-order valence-electron chi connectivity index (χ0n) is 8.50. The molecule has 1 unspecified atom stereocenters. The highest BCUT2D eigenvalue weighted by Crippen LogP contribution is 2.30. The Kier molecular flexibility index (Phi) is 4.36. The molecule has 0 saturated heterocycles. The first-order valence-electron chi connectivity index (χ1n) is 5.09. The van der Waals surface area contributed by atoms with Gasteiger partial charge in [-0.25, -0.2) is 0 Å². The first-order chi connectivity index (χ1) is 6.92. The summed E-state index contributed by atoms with van der Waals surface area (Å²) < 4.78 is 36.6. The van der Waals surface area contributed by atoms with Crippen molar-refractivity contribution in [3.63, 3.8) is 0 Å². The van der Waals surface area contributed by atoms with Crippen LogP contribution in [0.1, 0.15) is 19.3 Å². The minimum atomic E-state index is -4.17. The van der Waals surface area contributed by atoms with Crippen LogP contribution in [-0.4, -0.2) is 48.0 Å². The Bertz CT molecular complexity index is 194. The van der Waals surface area contributed by atoms with Gasteiger partial charge in [0, 0.05) is 25.2 Å². The maximum atomic E-state index is 12.2. The molecule has 1 saturated carbocycles. The van der Waals surface area contributed by atoms with Gasteiger partial charge in [-0.3, -0.25) is 4.90 Å². The van der Waals surface area contributed by atoms with E-state index >= 15 is 0 Å². The molecule has 15 heavy (non-hydrogen) atoms. The predicted molar refractivity (Wildman–Crippen MR) is 50.3 cm³/mol. The van der Waals surface area contributed by atoms with E-state index in [1.54, 1.807) is 0 Å². The Morgan fingerprint density at radius 2 is 2.00 bits per heavy atom. The van der Waals surface area contributed by atoms with E-state index in [0.717, 1.165) is 12.8 Å². The van der Waals surface area contributed by atoms with Gasteiger partial charge in [-0.15, -0.1) is 0 Å². The number of nitrogens with two attached hydrogens (primary N) is 1. The van der Waals surface area contributed by atoms with Gasteiger partial charge in [0.25, 0.3) is 0 Å². The second-order valence-corrected chi connectivity index (χ2v) is 4.05. The summed E-state index contributed by atoms with van der Waals surface area (Å²) in [5.74, 6) is 0. The summed E-state index contributed by atoms with van der Waals surface area (Å²) in [4.78, 5) is 1.38. The molecule has 0 amide bonds. The highest BCUT2D eigenvalue weighted by Gasteiger charge is 2.38. The average molecular weight is 226 g/mol. The maximum Gasteiger partial charge on any atom is 0.401 e. The van der Waals surface area contributed by atoms with Gasteiger partial charge in [0.15, 0.2) is 0 Å². The van der Waals surface area contributed by atoms with E-state index in [9.17, 15) is 13.2 Å². The summed E-state index contributed by atoms with van der Waals surface area (Å²) in [5.41, 5.74) is 5.60. The number of alkyl halides is 3. The molecular formula is C9H17F3N2O. The van der Waals surface area contributed by atoms with E-state index < -0.39 is 12.7 Å². The van der Waals surface area contributed by atoms with Crippen LogP contribution < -0.4 is 5.73 Å². The highest BCUT2D eigenvalue weighted by molar-refractivity contribution is 4.87. The molecule has 1 atom stereocenters. The molecule has 90 valence electrons. The summed E-state index contributed by atoms with van der Waals surface area (Å²) in [6, 6.07) is -0.339. The summed E-state index contributed by atoms with van der Waals surface area (Å²) in [6.45, 7) is -0.757. The zero-order chi connectivity index (χ0) is 11.5. The third kappa shape index (κ3) is 5.34. The predicted octanol–water partition coefficient (Wildman–Crippen LogP) is 0.723. The average Bonchev–Trinajstić information content (AvgIpc) is 2.82. The van der Waals surface area contributed by atoms with Gasteiger partial charge in [0.2, 0.25) is 0 Å². The van der Waals surface area contributed by atoms with E-state index in [4.69, 9.17) is 10.8 Å². The molecule has 0 bridgehead atoms. The van der Waals surface area contributed by atoms with Crippen LogP contribution in [-0.2, 0) is 0 Å². The number of halogens is 3. The molecular weight excluding hydrogens is 209 g/mol. The third-order valence-corrected chi connectivity index (χ3v) is 2.41. The van der Waals surface area contributed by atoms with Gasteiger partial charge >= 0.3 is 6.18 Å². The second kappa shape index (κ2) is 5.14. The standard InChI is InChI=1S/C9H17F3N2O/c10-9(11,12)6-14(8-1-2-8)5-7(13)3-4-15/h7-8,15H,1-6,13H2. The van der Waals surface area contributed by atoms with E-state index in [0.29, 0.717) is 6.42 Å². The van der Waals surface area contributed by atoms with Crippen molar-refractivity contribution in [2.24, 2.45) is 5.73 Å². The number of aliphatic hydroxyl groups is 1. The number of rotatable bonds is 6. The fourth-order valence-electron chi connectivity index (χ4n) is 1.57. The molecule has 0 aromatic heterocycles. The summed E-state index contributed by atoms with van der Waals surface area (Å²) in [5, 5.41) is 8.62. The van der Waals surface area contributed by atoms with Crippen molar-refractivity contribution in [3.05, 3.63) is 0 Å². The number of hydrogen-bond acceptors (Lipinski definition) is 3. The molecule has 1 aliphatic carbocycles. The molecule has 0 aliphatic heterocycles. The Hall–Kier alpha value is -0.330. The smallest absolute Gasteiger partial charge is 0.396 e. The van der Waals surface area contributed by atoms with E-state index in [2.05, 4.69) is 0 Å². The van der Waals surface area contributed by atoms with Crippen LogP contribution in [0.5, 0.6) is 0 Å². The lowest BCUT2D eigenvalue weighted by Gasteiger charge is -2.26. The molecule has 6 heteroatoms. The maximum absolute atomic E-state index is 12.2. The molecule has 1 fully saturated rings. The highest BCUT2D eigenvalue weighted by atomic mass is 19.4. The minimum absolute atomic E-state index is 0.0383. The monoisotopic (exact) mass is 226 g/mol. The van der Waals surface area contributed by atoms with Crippen molar-refractivity contribution in [2.45, 2.75) is 37.5 Å². The van der Waals surface area contributed by atoms with Crippen molar-refractivity contribution in [1.29, 1.82) is 0 Å². The van der Waals surface area contributed by atoms with Gasteiger partial charge < -0.3 is 10.8 Å². The lowest BCUT2D eigenvalue weighted by molar-refractivity contribution is -0.147. The van der Waals surface area contributed by atoms with Gasteiger partial charge in [0.05, 0.1) is 6.54 Å². The van der Waals surface area contributed by atoms with E-state index in [1.165, 1.54) is 4.90 Å². The molecule has 0 heterocycles. The fraction of sp³-hybridized carbons (Fsp3) is 1.00. The van der Waals surface area contributed by atoms with Crippen molar-refractivity contribution in [2.75, 3.05) is 19.7 Å². The topological polar surface area (TPSA) is 49.5 Å². The first kappa shape index (κ1) is 12.7. The molecule has 3 N–H and O–H groups in total. The molecule has 0 aromatic rings. The van der Waals surface area contributed by atoms with Crippen LogP contribution in [0.2, 0.25) is 0 Å². The van der Waals surface area contributed by atoms with Crippen molar-refractivity contribution in [3.8, 4) is 0 Å². The molecule has 0 radical (unpaired) electrons. The lowest BCUT2D eigenvalue weighted by atomic mass is 10.2. The number of nitrogens with zero attached hydrogens (tertiary/aromatic N) is 1. The SMILES string of the molecule is NC(CCO)CN(CC(F)(F)F)C1CC1. The molecule has 3 nitrogen and oxygen atoms in total. The van der Waals surface area contributed by atoms with Crippen LogP contribution >= 0.6 is 0 Å². The van der Waals surface area contributed by atoms with Gasteiger partial charge in [-0.1, -0.05) is 0 Å². The van der Waals surface area contributed by atoms with Gasteiger partial charge in [-0.2, -0.15) is 13.2 Å². The minimum Gasteiger partial charge on any atom is -0.396 e. The van der Waals surface area contributed by atoms with Crippen molar-refractivity contribution < 1.29 is 18.3 Å². The number of hydrogen-bond donors (Lipinski definition) is 2. The zero-order valence-corrected chi connectivity index (χ0v) is 8.50. The Morgan fingerprint density at radius 3 is 2.40 bits per heavy atom.